The van der Waals surface area contributed by atoms with Crippen molar-refractivity contribution in [2.24, 2.45) is 0 Å². The molecule has 0 fully saturated rings. The molecule has 0 saturated heterocycles. The van der Waals surface area contributed by atoms with Gasteiger partial charge in [-0.3, -0.25) is 0 Å². The maximum atomic E-state index is 9.01. The highest BCUT2D eigenvalue weighted by molar-refractivity contribution is 5.49. The summed E-state index contributed by atoms with van der Waals surface area (Å²) in [6.45, 7) is 2.12. The Morgan fingerprint density at radius 3 is 2.50 bits per heavy atom. The highest BCUT2D eigenvalue weighted by Gasteiger charge is 1.99. The van der Waals surface area contributed by atoms with Crippen molar-refractivity contribution in [1.29, 1.82) is 0 Å². The first-order valence-electron chi connectivity index (χ1n) is 4.03. The smallest absolute Gasteiger partial charge is 0.0685 e. The van der Waals surface area contributed by atoms with E-state index < -0.39 is 0 Å². The minimum absolute atomic E-state index is 0.119. The Kier molecular flexibility index (Phi) is 2.71. The molecule has 0 aliphatic rings. The molecule has 0 amide bonds. The molecule has 1 aromatic rings. The number of benzene rings is 1. The van der Waals surface area contributed by atoms with Crippen molar-refractivity contribution in [1.82, 2.24) is 0 Å². The lowest BCUT2D eigenvalue weighted by atomic mass is 10.1. The van der Waals surface area contributed by atoms with E-state index in [0.717, 1.165) is 16.8 Å². The van der Waals surface area contributed by atoms with E-state index >= 15 is 0 Å². The van der Waals surface area contributed by atoms with Crippen molar-refractivity contribution in [2.45, 2.75) is 13.5 Å². The zero-order valence-corrected chi connectivity index (χ0v) is 7.83. The SMILES string of the molecule is Cc1ccc(N(C)C)cc1CO. The van der Waals surface area contributed by atoms with E-state index in [1.165, 1.54) is 0 Å². The first-order chi connectivity index (χ1) is 5.65. The summed E-state index contributed by atoms with van der Waals surface area (Å²) in [6, 6.07) is 6.09. The molecule has 1 N–H and O–H groups in total. The fourth-order valence-electron chi connectivity index (χ4n) is 1.11. The molecule has 66 valence electrons. The average Bonchev–Trinajstić information content (AvgIpc) is 2.05. The van der Waals surface area contributed by atoms with Crippen LogP contribution in [0.15, 0.2) is 18.2 Å². The van der Waals surface area contributed by atoms with Crippen LogP contribution >= 0.6 is 0 Å². The zero-order chi connectivity index (χ0) is 9.14. The van der Waals surface area contributed by atoms with Crippen molar-refractivity contribution in [3.05, 3.63) is 29.3 Å². The standard InChI is InChI=1S/C10H15NO/c1-8-4-5-10(11(2)3)6-9(8)7-12/h4-6,12H,7H2,1-3H3. The maximum Gasteiger partial charge on any atom is 0.0685 e. The Hall–Kier alpha value is -1.02. The lowest BCUT2D eigenvalue weighted by Gasteiger charge is -2.14. The molecule has 0 unspecified atom stereocenters. The van der Waals surface area contributed by atoms with E-state index in [1.807, 2.05) is 38.1 Å². The lowest BCUT2D eigenvalue weighted by molar-refractivity contribution is 0.281. The second-order valence-electron chi connectivity index (χ2n) is 3.16. The number of aliphatic hydroxyl groups is 1. The van der Waals surface area contributed by atoms with E-state index in [1.54, 1.807) is 0 Å². The summed E-state index contributed by atoms with van der Waals surface area (Å²) in [5.41, 5.74) is 3.27. The number of hydrogen-bond acceptors (Lipinski definition) is 2. The molecule has 2 nitrogen and oxygen atoms in total. The Bertz CT molecular complexity index is 269. The molecule has 0 aromatic heterocycles. The molecule has 0 saturated carbocycles. The fraction of sp³-hybridized carbons (Fsp3) is 0.400. The summed E-state index contributed by atoms with van der Waals surface area (Å²) in [5.74, 6) is 0. The molecule has 2 heteroatoms. The fourth-order valence-corrected chi connectivity index (χ4v) is 1.11. The number of rotatable bonds is 2. The zero-order valence-electron chi connectivity index (χ0n) is 7.83. The van der Waals surface area contributed by atoms with E-state index in [-0.39, 0.29) is 6.61 Å². The van der Waals surface area contributed by atoms with Gasteiger partial charge in [-0.15, -0.1) is 0 Å². The molecule has 1 aromatic carbocycles. The number of aryl methyl sites for hydroxylation is 1. The third-order valence-electron chi connectivity index (χ3n) is 2.02. The molecule has 0 radical (unpaired) electrons. The molecular weight excluding hydrogens is 150 g/mol. The van der Waals surface area contributed by atoms with Gasteiger partial charge in [-0.25, -0.2) is 0 Å². The van der Waals surface area contributed by atoms with E-state index in [0.29, 0.717) is 0 Å². The van der Waals surface area contributed by atoms with Crippen LogP contribution < -0.4 is 4.90 Å². The molecular formula is C10H15NO. The molecule has 0 spiro atoms. The predicted molar refractivity (Wildman–Crippen MR) is 51.4 cm³/mol. The first kappa shape index (κ1) is 9.07. The van der Waals surface area contributed by atoms with Crippen LogP contribution in [0.4, 0.5) is 5.69 Å². The Morgan fingerprint density at radius 2 is 2.00 bits per heavy atom. The number of anilines is 1. The minimum atomic E-state index is 0.119. The van der Waals surface area contributed by atoms with Crippen LogP contribution in [-0.2, 0) is 6.61 Å². The van der Waals surface area contributed by atoms with E-state index in [4.69, 9.17) is 5.11 Å². The summed E-state index contributed by atoms with van der Waals surface area (Å²) in [4.78, 5) is 2.03. The quantitative estimate of drug-likeness (QED) is 0.718. The van der Waals surface area contributed by atoms with Crippen LogP contribution in [0.2, 0.25) is 0 Å². The monoisotopic (exact) mass is 165 g/mol. The number of hydrogen-bond donors (Lipinski definition) is 1. The van der Waals surface area contributed by atoms with Crippen molar-refractivity contribution in [2.75, 3.05) is 19.0 Å². The van der Waals surface area contributed by atoms with Crippen LogP contribution in [0.1, 0.15) is 11.1 Å². The summed E-state index contributed by atoms with van der Waals surface area (Å²) >= 11 is 0. The van der Waals surface area contributed by atoms with E-state index in [2.05, 4.69) is 6.07 Å². The molecule has 0 heterocycles. The van der Waals surface area contributed by atoms with Gasteiger partial charge in [0.15, 0.2) is 0 Å². The van der Waals surface area contributed by atoms with Crippen molar-refractivity contribution >= 4 is 5.69 Å². The highest BCUT2D eigenvalue weighted by atomic mass is 16.3. The minimum Gasteiger partial charge on any atom is -0.392 e. The second-order valence-corrected chi connectivity index (χ2v) is 3.16. The van der Waals surface area contributed by atoms with Gasteiger partial charge < -0.3 is 10.0 Å². The number of nitrogens with zero attached hydrogens (tertiary/aromatic N) is 1. The Labute approximate surface area is 73.4 Å². The van der Waals surface area contributed by atoms with Gasteiger partial charge in [0.2, 0.25) is 0 Å². The molecule has 12 heavy (non-hydrogen) atoms. The van der Waals surface area contributed by atoms with Crippen molar-refractivity contribution in [3.63, 3.8) is 0 Å². The van der Waals surface area contributed by atoms with Crippen molar-refractivity contribution in [3.8, 4) is 0 Å². The van der Waals surface area contributed by atoms with Crippen LogP contribution in [0.25, 0.3) is 0 Å². The van der Waals surface area contributed by atoms with Crippen LogP contribution in [-0.4, -0.2) is 19.2 Å². The van der Waals surface area contributed by atoms with Crippen LogP contribution in [0.5, 0.6) is 0 Å². The molecule has 0 bridgehead atoms. The van der Waals surface area contributed by atoms with Gasteiger partial charge in [-0.1, -0.05) is 6.07 Å². The highest BCUT2D eigenvalue weighted by Crippen LogP contribution is 2.16. The largest absolute Gasteiger partial charge is 0.392 e. The first-order valence-corrected chi connectivity index (χ1v) is 4.03. The van der Waals surface area contributed by atoms with Gasteiger partial charge in [0, 0.05) is 19.8 Å². The summed E-state index contributed by atoms with van der Waals surface area (Å²) in [5, 5.41) is 9.01. The average molecular weight is 165 g/mol. The lowest BCUT2D eigenvalue weighted by Crippen LogP contribution is -2.09. The van der Waals surface area contributed by atoms with Gasteiger partial charge in [0.1, 0.15) is 0 Å². The molecule has 0 aliphatic carbocycles. The third-order valence-corrected chi connectivity index (χ3v) is 2.02. The van der Waals surface area contributed by atoms with Gasteiger partial charge in [-0.2, -0.15) is 0 Å². The predicted octanol–water partition coefficient (Wildman–Crippen LogP) is 1.55. The Balaban J connectivity index is 3.05. The number of aliphatic hydroxyl groups excluding tert-OH is 1. The molecule has 0 aliphatic heterocycles. The summed E-state index contributed by atoms with van der Waals surface area (Å²) in [6.07, 6.45) is 0. The molecule has 0 atom stereocenters. The van der Waals surface area contributed by atoms with Gasteiger partial charge >= 0.3 is 0 Å². The third kappa shape index (κ3) is 1.77. The normalized spacial score (nSPS) is 10.0. The topological polar surface area (TPSA) is 23.5 Å². The maximum absolute atomic E-state index is 9.01. The molecule has 1 rings (SSSR count). The Morgan fingerprint density at radius 1 is 1.33 bits per heavy atom. The van der Waals surface area contributed by atoms with Crippen molar-refractivity contribution < 1.29 is 5.11 Å². The second kappa shape index (κ2) is 3.59. The van der Waals surface area contributed by atoms with Crippen LogP contribution in [0, 0.1) is 6.92 Å². The van der Waals surface area contributed by atoms with Crippen LogP contribution in [0.3, 0.4) is 0 Å². The van der Waals surface area contributed by atoms with Gasteiger partial charge in [-0.05, 0) is 30.2 Å². The summed E-state index contributed by atoms with van der Waals surface area (Å²) < 4.78 is 0. The van der Waals surface area contributed by atoms with Gasteiger partial charge in [0.05, 0.1) is 6.61 Å². The summed E-state index contributed by atoms with van der Waals surface area (Å²) in [7, 11) is 3.98. The van der Waals surface area contributed by atoms with E-state index in [9.17, 15) is 0 Å². The van der Waals surface area contributed by atoms with Gasteiger partial charge in [0.25, 0.3) is 0 Å².